The molecule has 18 heavy (non-hydrogen) atoms. The van der Waals surface area contributed by atoms with Gasteiger partial charge in [-0.3, -0.25) is 4.79 Å². The van der Waals surface area contributed by atoms with Crippen molar-refractivity contribution in [1.82, 2.24) is 9.97 Å². The standard InChI is InChI=1S/C13H13FN2O2/c1-7(13(17)18)5-12-15-8(2)10-4-3-9(14)6-11(10)16-12/h3-4,6-7H,5H2,1-2H3,(H,17,18). The van der Waals surface area contributed by atoms with Gasteiger partial charge < -0.3 is 5.11 Å². The van der Waals surface area contributed by atoms with Crippen LogP contribution in [0.4, 0.5) is 4.39 Å². The average Bonchev–Trinajstić information content (AvgIpc) is 2.27. The van der Waals surface area contributed by atoms with Crippen molar-refractivity contribution in [2.45, 2.75) is 20.3 Å². The first kappa shape index (κ1) is 12.4. The normalized spacial score (nSPS) is 12.6. The molecule has 0 aliphatic heterocycles. The van der Waals surface area contributed by atoms with E-state index in [0.717, 1.165) is 11.1 Å². The number of carboxylic acids is 1. The highest BCUT2D eigenvalue weighted by atomic mass is 19.1. The first-order chi connectivity index (χ1) is 8.47. The fourth-order valence-electron chi connectivity index (χ4n) is 1.77. The van der Waals surface area contributed by atoms with Crippen molar-refractivity contribution >= 4 is 16.9 Å². The smallest absolute Gasteiger partial charge is 0.306 e. The van der Waals surface area contributed by atoms with E-state index >= 15 is 0 Å². The molecule has 5 heteroatoms. The predicted molar refractivity (Wildman–Crippen MR) is 64.7 cm³/mol. The zero-order valence-electron chi connectivity index (χ0n) is 10.1. The zero-order valence-corrected chi connectivity index (χ0v) is 10.1. The first-order valence-corrected chi connectivity index (χ1v) is 5.63. The number of rotatable bonds is 3. The lowest BCUT2D eigenvalue weighted by molar-refractivity contribution is -0.141. The molecular formula is C13H13FN2O2. The monoisotopic (exact) mass is 248 g/mol. The number of nitrogens with zero attached hydrogens (tertiary/aromatic N) is 2. The van der Waals surface area contributed by atoms with Gasteiger partial charge in [-0.15, -0.1) is 0 Å². The average molecular weight is 248 g/mol. The third-order valence-corrected chi connectivity index (χ3v) is 2.81. The first-order valence-electron chi connectivity index (χ1n) is 5.63. The molecule has 0 bridgehead atoms. The minimum atomic E-state index is -0.893. The Morgan fingerprint density at radius 3 is 2.83 bits per heavy atom. The number of fused-ring (bicyclic) bond motifs is 1. The number of carboxylic acid groups (broad SMARTS) is 1. The summed E-state index contributed by atoms with van der Waals surface area (Å²) < 4.78 is 13.1. The van der Waals surface area contributed by atoms with Gasteiger partial charge in [0.15, 0.2) is 0 Å². The molecule has 4 nitrogen and oxygen atoms in total. The van der Waals surface area contributed by atoms with Crippen LogP contribution in [0, 0.1) is 18.7 Å². The number of hydrogen-bond donors (Lipinski definition) is 1. The van der Waals surface area contributed by atoms with Crippen LogP contribution in [0.5, 0.6) is 0 Å². The largest absolute Gasteiger partial charge is 0.481 e. The van der Waals surface area contributed by atoms with Crippen molar-refractivity contribution in [3.63, 3.8) is 0 Å². The molecule has 0 saturated carbocycles. The summed E-state index contributed by atoms with van der Waals surface area (Å²) in [5.74, 6) is -1.38. The Balaban J connectivity index is 2.44. The van der Waals surface area contributed by atoms with E-state index in [1.807, 2.05) is 0 Å². The summed E-state index contributed by atoms with van der Waals surface area (Å²) >= 11 is 0. The molecule has 1 atom stereocenters. The van der Waals surface area contributed by atoms with Crippen LogP contribution < -0.4 is 0 Å². The second kappa shape index (κ2) is 4.68. The molecule has 0 fully saturated rings. The van der Waals surface area contributed by atoms with Gasteiger partial charge in [0.25, 0.3) is 0 Å². The predicted octanol–water partition coefficient (Wildman–Crippen LogP) is 2.34. The van der Waals surface area contributed by atoms with E-state index in [0.29, 0.717) is 11.3 Å². The summed E-state index contributed by atoms with van der Waals surface area (Å²) in [7, 11) is 0. The van der Waals surface area contributed by atoms with Crippen molar-refractivity contribution in [2.75, 3.05) is 0 Å². The molecule has 0 aliphatic carbocycles. The van der Waals surface area contributed by atoms with Crippen molar-refractivity contribution in [3.8, 4) is 0 Å². The van der Waals surface area contributed by atoms with E-state index in [-0.39, 0.29) is 12.2 Å². The van der Waals surface area contributed by atoms with Gasteiger partial charge >= 0.3 is 5.97 Å². The summed E-state index contributed by atoms with van der Waals surface area (Å²) in [6, 6.07) is 4.32. The van der Waals surface area contributed by atoms with Crippen LogP contribution in [0.2, 0.25) is 0 Å². The van der Waals surface area contributed by atoms with E-state index in [4.69, 9.17) is 5.11 Å². The van der Waals surface area contributed by atoms with Gasteiger partial charge in [0, 0.05) is 23.6 Å². The highest BCUT2D eigenvalue weighted by molar-refractivity contribution is 5.80. The third kappa shape index (κ3) is 2.45. The maximum absolute atomic E-state index is 13.1. The number of halogens is 1. The van der Waals surface area contributed by atoms with Crippen molar-refractivity contribution < 1.29 is 14.3 Å². The number of aliphatic carboxylic acids is 1. The lowest BCUT2D eigenvalue weighted by atomic mass is 10.1. The van der Waals surface area contributed by atoms with Crippen LogP contribution >= 0.6 is 0 Å². The lowest BCUT2D eigenvalue weighted by Gasteiger charge is -2.08. The van der Waals surface area contributed by atoms with E-state index in [2.05, 4.69) is 9.97 Å². The fourth-order valence-corrected chi connectivity index (χ4v) is 1.77. The topological polar surface area (TPSA) is 63.1 Å². The van der Waals surface area contributed by atoms with Gasteiger partial charge in [-0.2, -0.15) is 0 Å². The summed E-state index contributed by atoms with van der Waals surface area (Å²) in [6.45, 7) is 3.40. The molecule has 0 aliphatic rings. The van der Waals surface area contributed by atoms with Crippen molar-refractivity contribution in [3.05, 3.63) is 35.5 Å². The SMILES string of the molecule is Cc1nc(CC(C)C(=O)O)nc2cc(F)ccc12. The van der Waals surface area contributed by atoms with E-state index in [1.165, 1.54) is 12.1 Å². The van der Waals surface area contributed by atoms with E-state index in [1.54, 1.807) is 19.9 Å². The highest BCUT2D eigenvalue weighted by Gasteiger charge is 2.14. The maximum Gasteiger partial charge on any atom is 0.306 e. The van der Waals surface area contributed by atoms with Gasteiger partial charge in [-0.05, 0) is 19.1 Å². The molecule has 2 aromatic rings. The van der Waals surface area contributed by atoms with Gasteiger partial charge in [0.1, 0.15) is 11.6 Å². The van der Waals surface area contributed by atoms with E-state index < -0.39 is 11.9 Å². The Kier molecular flexibility index (Phi) is 3.23. The van der Waals surface area contributed by atoms with Gasteiger partial charge in [0.05, 0.1) is 11.4 Å². The highest BCUT2D eigenvalue weighted by Crippen LogP contribution is 2.17. The molecule has 0 amide bonds. The molecule has 94 valence electrons. The van der Waals surface area contributed by atoms with Crippen LogP contribution in [0.15, 0.2) is 18.2 Å². The second-order valence-electron chi connectivity index (χ2n) is 4.33. The molecule has 1 aromatic heterocycles. The Morgan fingerprint density at radius 2 is 2.17 bits per heavy atom. The quantitative estimate of drug-likeness (QED) is 0.905. The van der Waals surface area contributed by atoms with Gasteiger partial charge in [-0.1, -0.05) is 6.92 Å². The van der Waals surface area contributed by atoms with Crippen molar-refractivity contribution in [1.29, 1.82) is 0 Å². The number of hydrogen-bond acceptors (Lipinski definition) is 3. The molecule has 1 aromatic carbocycles. The molecule has 2 rings (SSSR count). The summed E-state index contributed by atoms with van der Waals surface area (Å²) in [5.41, 5.74) is 1.24. The number of carbonyl (C=O) groups is 1. The molecular weight excluding hydrogens is 235 g/mol. The molecule has 1 heterocycles. The van der Waals surface area contributed by atoms with Crippen LogP contribution in [0.3, 0.4) is 0 Å². The summed E-state index contributed by atoms with van der Waals surface area (Å²) in [6.07, 6.45) is 0.239. The van der Waals surface area contributed by atoms with E-state index in [9.17, 15) is 9.18 Å². The number of benzene rings is 1. The fraction of sp³-hybridized carbons (Fsp3) is 0.308. The molecule has 1 N–H and O–H groups in total. The zero-order chi connectivity index (χ0) is 13.3. The van der Waals surface area contributed by atoms with Crippen LogP contribution in [0.25, 0.3) is 10.9 Å². The van der Waals surface area contributed by atoms with Crippen LogP contribution in [0.1, 0.15) is 18.4 Å². The Bertz CT molecular complexity index is 613. The Labute approximate surface area is 103 Å². The summed E-state index contributed by atoms with van der Waals surface area (Å²) in [4.78, 5) is 19.3. The molecule has 0 saturated heterocycles. The second-order valence-corrected chi connectivity index (χ2v) is 4.33. The van der Waals surface area contributed by atoms with Gasteiger partial charge in [0.2, 0.25) is 0 Å². The van der Waals surface area contributed by atoms with Crippen LogP contribution in [-0.4, -0.2) is 21.0 Å². The number of aromatic nitrogens is 2. The minimum Gasteiger partial charge on any atom is -0.481 e. The molecule has 0 spiro atoms. The lowest BCUT2D eigenvalue weighted by Crippen LogP contribution is -2.14. The minimum absolute atomic E-state index is 0.239. The molecule has 0 radical (unpaired) electrons. The summed E-state index contributed by atoms with van der Waals surface area (Å²) in [5, 5.41) is 9.64. The van der Waals surface area contributed by atoms with Crippen LogP contribution in [-0.2, 0) is 11.2 Å². The maximum atomic E-state index is 13.1. The number of aryl methyl sites for hydroxylation is 1. The third-order valence-electron chi connectivity index (χ3n) is 2.81. The Hall–Kier alpha value is -2.04. The Morgan fingerprint density at radius 1 is 1.44 bits per heavy atom. The van der Waals surface area contributed by atoms with Gasteiger partial charge in [-0.25, -0.2) is 14.4 Å². The molecule has 1 unspecified atom stereocenters. The van der Waals surface area contributed by atoms with Crippen molar-refractivity contribution in [2.24, 2.45) is 5.92 Å².